The van der Waals surface area contributed by atoms with Crippen LogP contribution in [-0.2, 0) is 14.4 Å². The quantitative estimate of drug-likeness (QED) is 0.300. The third kappa shape index (κ3) is 8.70. The van der Waals surface area contributed by atoms with Gasteiger partial charge in [0.05, 0.1) is 23.6 Å². The molecular weight excluding hydrogens is 524 g/mol. The number of thioether (sulfide) groups is 1. The van der Waals surface area contributed by atoms with Gasteiger partial charge in [0.2, 0.25) is 17.7 Å². The molecule has 8 nitrogen and oxygen atoms in total. The van der Waals surface area contributed by atoms with E-state index < -0.39 is 29.4 Å². The minimum Gasteiger partial charge on any atom is -0.390 e. The molecule has 40 heavy (non-hydrogen) atoms. The number of nitrogens with two attached hydrogens (primary N) is 1. The first-order valence-corrected chi connectivity index (χ1v) is 15.7. The lowest BCUT2D eigenvalue weighted by Gasteiger charge is -2.47. The van der Waals surface area contributed by atoms with Crippen molar-refractivity contribution in [3.8, 4) is 0 Å². The number of aliphatic hydroxyl groups excluding tert-OH is 1. The number of primary amides is 1. The maximum Gasteiger partial charge on any atom is 0.237 e. The van der Waals surface area contributed by atoms with Crippen molar-refractivity contribution in [3.05, 3.63) is 30.3 Å². The van der Waals surface area contributed by atoms with Gasteiger partial charge in [-0.3, -0.25) is 19.3 Å². The van der Waals surface area contributed by atoms with Crippen molar-refractivity contribution in [1.82, 2.24) is 15.5 Å². The van der Waals surface area contributed by atoms with E-state index >= 15 is 0 Å². The number of likely N-dealkylation sites (tertiary alicyclic amines) is 1. The van der Waals surface area contributed by atoms with E-state index in [0.717, 1.165) is 30.7 Å². The van der Waals surface area contributed by atoms with Crippen LogP contribution >= 0.6 is 11.8 Å². The number of aliphatic hydroxyl groups is 1. The molecule has 1 aliphatic carbocycles. The van der Waals surface area contributed by atoms with Crippen molar-refractivity contribution in [2.75, 3.05) is 18.8 Å². The Bertz CT molecular complexity index is 1010. The maximum absolute atomic E-state index is 13.4. The SMILES string of the molecule is CC(C(=O)NC(CSc1ccccc1)C(O)CN1CC2CCCCC2CC1C(=O)NC(C)(C)C)C(C)(C)C(N)=O. The lowest BCUT2D eigenvalue weighted by atomic mass is 9.72. The van der Waals surface area contributed by atoms with Gasteiger partial charge in [0.15, 0.2) is 0 Å². The molecule has 0 bridgehead atoms. The molecule has 3 amide bonds. The van der Waals surface area contributed by atoms with Crippen molar-refractivity contribution >= 4 is 29.5 Å². The Morgan fingerprint density at radius 2 is 1.70 bits per heavy atom. The van der Waals surface area contributed by atoms with E-state index in [1.54, 1.807) is 32.5 Å². The number of β-amino-alcohol motifs (C(OH)–C–C–N with tert-alkyl or cyclic N) is 1. The van der Waals surface area contributed by atoms with Crippen molar-refractivity contribution in [1.29, 1.82) is 0 Å². The number of hydrogen-bond donors (Lipinski definition) is 4. The van der Waals surface area contributed by atoms with E-state index in [2.05, 4.69) is 15.5 Å². The molecule has 6 unspecified atom stereocenters. The number of rotatable bonds is 11. The highest BCUT2D eigenvalue weighted by atomic mass is 32.2. The highest BCUT2D eigenvalue weighted by Crippen LogP contribution is 2.39. The van der Waals surface area contributed by atoms with Gasteiger partial charge in [0, 0.05) is 35.2 Å². The maximum atomic E-state index is 13.4. The summed E-state index contributed by atoms with van der Waals surface area (Å²) >= 11 is 1.56. The van der Waals surface area contributed by atoms with Gasteiger partial charge in [-0.15, -0.1) is 11.8 Å². The Morgan fingerprint density at radius 1 is 1.07 bits per heavy atom. The third-order valence-corrected chi connectivity index (χ3v) is 9.93. The second-order valence-electron chi connectivity index (χ2n) is 13.4. The topological polar surface area (TPSA) is 125 Å². The first-order valence-electron chi connectivity index (χ1n) is 14.7. The number of nitrogens with zero attached hydrogens (tertiary/aromatic N) is 1. The molecule has 9 heteroatoms. The van der Waals surface area contributed by atoms with Gasteiger partial charge >= 0.3 is 0 Å². The van der Waals surface area contributed by atoms with Gasteiger partial charge < -0.3 is 21.5 Å². The molecule has 2 fully saturated rings. The summed E-state index contributed by atoms with van der Waals surface area (Å²) in [5.74, 6) is -0.0611. The van der Waals surface area contributed by atoms with E-state index in [1.807, 2.05) is 51.1 Å². The fraction of sp³-hybridized carbons (Fsp3) is 0.710. The van der Waals surface area contributed by atoms with E-state index in [4.69, 9.17) is 5.73 Å². The van der Waals surface area contributed by atoms with Crippen LogP contribution in [0.5, 0.6) is 0 Å². The van der Waals surface area contributed by atoms with Crippen LogP contribution in [0.3, 0.4) is 0 Å². The Morgan fingerprint density at radius 3 is 2.30 bits per heavy atom. The zero-order chi connectivity index (χ0) is 29.7. The number of amides is 3. The van der Waals surface area contributed by atoms with Crippen molar-refractivity contribution < 1.29 is 19.5 Å². The summed E-state index contributed by atoms with van der Waals surface area (Å²) in [6, 6.07) is 8.94. The molecule has 6 atom stereocenters. The predicted octanol–water partition coefficient (Wildman–Crippen LogP) is 3.57. The third-order valence-electron chi connectivity index (χ3n) is 8.80. The van der Waals surface area contributed by atoms with Crippen LogP contribution in [0.15, 0.2) is 35.2 Å². The summed E-state index contributed by atoms with van der Waals surface area (Å²) in [4.78, 5) is 42.0. The van der Waals surface area contributed by atoms with E-state index in [1.165, 1.54) is 12.8 Å². The Balaban J connectivity index is 1.80. The number of piperidine rings is 1. The lowest BCUT2D eigenvalue weighted by Crippen LogP contribution is -2.60. The molecule has 1 saturated carbocycles. The number of benzene rings is 1. The van der Waals surface area contributed by atoms with Crippen LogP contribution in [0.25, 0.3) is 0 Å². The zero-order valence-corrected chi connectivity index (χ0v) is 25.9. The van der Waals surface area contributed by atoms with Gasteiger partial charge in [0.1, 0.15) is 0 Å². The summed E-state index contributed by atoms with van der Waals surface area (Å²) in [7, 11) is 0. The molecule has 0 radical (unpaired) electrons. The first kappa shape index (κ1) is 32.4. The smallest absolute Gasteiger partial charge is 0.237 e. The molecule has 1 aliphatic heterocycles. The second-order valence-corrected chi connectivity index (χ2v) is 14.5. The van der Waals surface area contributed by atoms with E-state index in [-0.39, 0.29) is 29.9 Å². The van der Waals surface area contributed by atoms with E-state index in [0.29, 0.717) is 17.6 Å². The molecule has 1 heterocycles. The van der Waals surface area contributed by atoms with Gasteiger partial charge in [0.25, 0.3) is 0 Å². The molecule has 1 saturated heterocycles. The monoisotopic (exact) mass is 574 g/mol. The largest absolute Gasteiger partial charge is 0.390 e. The van der Waals surface area contributed by atoms with Crippen molar-refractivity contribution in [2.24, 2.45) is 28.9 Å². The molecular formula is C31H50N4O4S. The molecule has 0 spiro atoms. The van der Waals surface area contributed by atoms with Crippen LogP contribution < -0.4 is 16.4 Å². The summed E-state index contributed by atoms with van der Waals surface area (Å²) in [5.41, 5.74) is 4.20. The number of hydrogen-bond acceptors (Lipinski definition) is 6. The molecule has 1 aromatic carbocycles. The minimum atomic E-state index is -1.04. The van der Waals surface area contributed by atoms with Crippen molar-refractivity contribution in [3.63, 3.8) is 0 Å². The highest BCUT2D eigenvalue weighted by Gasteiger charge is 2.42. The van der Waals surface area contributed by atoms with Gasteiger partial charge in [-0.05, 0) is 57.6 Å². The summed E-state index contributed by atoms with van der Waals surface area (Å²) in [6.45, 7) is 12.0. The predicted molar refractivity (Wildman–Crippen MR) is 161 cm³/mol. The van der Waals surface area contributed by atoms with Crippen LogP contribution in [0, 0.1) is 23.2 Å². The summed E-state index contributed by atoms with van der Waals surface area (Å²) < 4.78 is 0. The van der Waals surface area contributed by atoms with Gasteiger partial charge in [-0.25, -0.2) is 0 Å². The fourth-order valence-electron chi connectivity index (χ4n) is 5.79. The molecule has 3 rings (SSSR count). The average molecular weight is 575 g/mol. The lowest BCUT2D eigenvalue weighted by molar-refractivity contribution is -0.138. The van der Waals surface area contributed by atoms with Crippen LogP contribution in [0.2, 0.25) is 0 Å². The minimum absolute atomic E-state index is 0.000186. The average Bonchev–Trinajstić information content (AvgIpc) is 2.89. The summed E-state index contributed by atoms with van der Waals surface area (Å²) in [5, 5.41) is 17.8. The number of fused-ring (bicyclic) bond motifs is 1. The van der Waals surface area contributed by atoms with Crippen LogP contribution in [-0.4, -0.2) is 70.3 Å². The van der Waals surface area contributed by atoms with Gasteiger partial charge in [-0.1, -0.05) is 58.2 Å². The Kier molecular flexibility index (Phi) is 11.1. The molecule has 1 aromatic rings. The number of carbonyl (C=O) groups excluding carboxylic acids is 3. The van der Waals surface area contributed by atoms with E-state index in [9.17, 15) is 19.5 Å². The summed E-state index contributed by atoms with van der Waals surface area (Å²) in [6.07, 6.45) is 4.60. The fourth-order valence-corrected chi connectivity index (χ4v) is 6.82. The molecule has 5 N–H and O–H groups in total. The molecule has 224 valence electrons. The first-order chi connectivity index (χ1) is 18.7. The van der Waals surface area contributed by atoms with Crippen molar-refractivity contribution in [2.45, 2.75) is 102 Å². The molecule has 0 aromatic heterocycles. The second kappa shape index (κ2) is 13.7. The standard InChI is InChI=1S/C31H50N4O4S/c1-20(31(5,6)29(32)39)27(37)33-24(19-40-23-14-8-7-9-15-23)26(36)18-35-17-22-13-11-10-12-21(22)16-25(35)28(38)34-30(2,3)4/h7-9,14-15,20-22,24-26,36H,10-13,16-19H2,1-6H3,(H2,32,39)(H,33,37)(H,34,38). The van der Waals surface area contributed by atoms with Crippen LogP contribution in [0.1, 0.15) is 73.6 Å². The van der Waals surface area contributed by atoms with Crippen LogP contribution in [0.4, 0.5) is 0 Å². The normalized spacial score (nSPS) is 24.3. The Hall–Kier alpha value is -2.10. The number of nitrogens with one attached hydrogen (secondary N) is 2. The Labute approximate surface area is 244 Å². The number of carbonyl (C=O) groups is 3. The zero-order valence-electron chi connectivity index (χ0n) is 25.1. The highest BCUT2D eigenvalue weighted by molar-refractivity contribution is 7.99. The molecule has 2 aliphatic rings. The van der Waals surface area contributed by atoms with Gasteiger partial charge in [-0.2, -0.15) is 0 Å².